The number of carbonyl (C=O) groups is 2. The predicted octanol–water partition coefficient (Wildman–Crippen LogP) is 3.71. The van der Waals surface area contributed by atoms with Crippen molar-refractivity contribution in [2.24, 2.45) is 5.92 Å². The molecule has 0 saturated heterocycles. The van der Waals surface area contributed by atoms with Crippen molar-refractivity contribution >= 4 is 45.7 Å². The third-order valence-corrected chi connectivity index (χ3v) is 6.23. The van der Waals surface area contributed by atoms with Gasteiger partial charge >= 0.3 is 5.91 Å². The highest BCUT2D eigenvalue weighted by molar-refractivity contribution is 7.14. The maximum absolute atomic E-state index is 12.4. The Kier molecular flexibility index (Phi) is 4.95. The number of aryl methyl sites for hydroxylation is 1. The second kappa shape index (κ2) is 7.41. The lowest BCUT2D eigenvalue weighted by Gasteiger charge is -2.16. The third-order valence-electron chi connectivity index (χ3n) is 4.76. The van der Waals surface area contributed by atoms with E-state index in [4.69, 9.17) is 16.0 Å². The van der Waals surface area contributed by atoms with Crippen molar-refractivity contribution in [2.45, 2.75) is 26.2 Å². The van der Waals surface area contributed by atoms with E-state index in [1.54, 1.807) is 6.07 Å². The van der Waals surface area contributed by atoms with Crippen molar-refractivity contribution in [3.8, 4) is 0 Å². The number of nitrogens with one attached hydrogen (secondary N) is 2. The van der Waals surface area contributed by atoms with Gasteiger partial charge in [0.25, 0.3) is 5.91 Å². The van der Waals surface area contributed by atoms with Crippen LogP contribution in [0.1, 0.15) is 44.0 Å². The first-order valence-corrected chi connectivity index (χ1v) is 10.1. The van der Waals surface area contributed by atoms with Crippen molar-refractivity contribution in [1.29, 1.82) is 0 Å². The normalized spacial score (nSPS) is 15.9. The maximum Gasteiger partial charge on any atom is 0.305 e. The van der Waals surface area contributed by atoms with Crippen LogP contribution in [0.5, 0.6) is 0 Å². The molecule has 2 aromatic heterocycles. The van der Waals surface area contributed by atoms with E-state index in [9.17, 15) is 14.4 Å². The fourth-order valence-corrected chi connectivity index (χ4v) is 4.57. The second-order valence-corrected chi connectivity index (χ2v) is 8.50. The number of hydrazine groups is 1. The average Bonchev–Trinajstić information content (AvgIpc) is 3.09. The summed E-state index contributed by atoms with van der Waals surface area (Å²) in [6, 6.07) is 7.52. The van der Waals surface area contributed by atoms with Crippen LogP contribution in [0.3, 0.4) is 0 Å². The van der Waals surface area contributed by atoms with Gasteiger partial charge in [0.2, 0.25) is 0 Å². The molecule has 0 spiro atoms. The molecule has 28 heavy (non-hydrogen) atoms. The van der Waals surface area contributed by atoms with E-state index in [0.717, 1.165) is 25.3 Å². The van der Waals surface area contributed by atoms with Gasteiger partial charge in [0.15, 0.2) is 11.2 Å². The lowest BCUT2D eigenvalue weighted by molar-refractivity contribution is 0.0833. The molecule has 1 aromatic carbocycles. The van der Waals surface area contributed by atoms with Crippen molar-refractivity contribution in [3.63, 3.8) is 0 Å². The van der Waals surface area contributed by atoms with Crippen LogP contribution >= 0.6 is 22.9 Å². The summed E-state index contributed by atoms with van der Waals surface area (Å²) in [6.07, 6.45) is 3.07. The van der Waals surface area contributed by atoms with Gasteiger partial charge in [-0.3, -0.25) is 25.2 Å². The lowest BCUT2D eigenvalue weighted by Crippen LogP contribution is -2.41. The molecule has 8 heteroatoms. The van der Waals surface area contributed by atoms with E-state index in [1.807, 2.05) is 6.07 Å². The Labute approximate surface area is 169 Å². The summed E-state index contributed by atoms with van der Waals surface area (Å²) in [4.78, 5) is 38.6. The molecule has 3 aromatic rings. The van der Waals surface area contributed by atoms with Crippen molar-refractivity contribution in [2.75, 3.05) is 0 Å². The van der Waals surface area contributed by atoms with Gasteiger partial charge in [-0.05, 0) is 55.0 Å². The van der Waals surface area contributed by atoms with E-state index < -0.39 is 11.8 Å². The summed E-state index contributed by atoms with van der Waals surface area (Å²) in [6.45, 7) is 2.20. The van der Waals surface area contributed by atoms with Crippen LogP contribution in [0.25, 0.3) is 11.0 Å². The molecule has 4 rings (SSSR count). The van der Waals surface area contributed by atoms with Gasteiger partial charge in [0.05, 0.1) is 10.3 Å². The Morgan fingerprint density at radius 2 is 1.96 bits per heavy atom. The Hall–Kier alpha value is -2.64. The molecule has 2 amide bonds. The highest BCUT2D eigenvalue weighted by atomic mass is 35.5. The van der Waals surface area contributed by atoms with Crippen molar-refractivity contribution < 1.29 is 14.0 Å². The first kappa shape index (κ1) is 18.7. The number of fused-ring (bicyclic) bond motifs is 2. The van der Waals surface area contributed by atoms with Gasteiger partial charge in [-0.25, -0.2) is 0 Å². The first-order valence-electron chi connectivity index (χ1n) is 8.86. The van der Waals surface area contributed by atoms with Crippen LogP contribution in [0.2, 0.25) is 5.02 Å². The molecular weight excluding hydrogens is 400 g/mol. The zero-order valence-corrected chi connectivity index (χ0v) is 16.6. The van der Waals surface area contributed by atoms with E-state index >= 15 is 0 Å². The van der Waals surface area contributed by atoms with Crippen molar-refractivity contribution in [3.05, 3.63) is 66.7 Å². The number of halogens is 1. The molecule has 0 unspecified atom stereocenters. The summed E-state index contributed by atoms with van der Waals surface area (Å²) in [7, 11) is 0. The Morgan fingerprint density at radius 1 is 1.18 bits per heavy atom. The fraction of sp³-hybridized carbons (Fsp3) is 0.250. The topological polar surface area (TPSA) is 88.4 Å². The molecule has 2 heterocycles. The van der Waals surface area contributed by atoms with E-state index in [1.165, 1.54) is 33.9 Å². The molecule has 6 nitrogen and oxygen atoms in total. The third kappa shape index (κ3) is 3.68. The number of amides is 2. The van der Waals surface area contributed by atoms with E-state index in [-0.39, 0.29) is 22.2 Å². The largest absolute Gasteiger partial charge is 0.451 e. The monoisotopic (exact) mass is 416 g/mol. The summed E-state index contributed by atoms with van der Waals surface area (Å²) in [5.74, 6) is -0.685. The molecule has 1 aliphatic rings. The lowest BCUT2D eigenvalue weighted by atomic mass is 9.90. The number of carbonyl (C=O) groups excluding carboxylic acids is 2. The minimum Gasteiger partial charge on any atom is -0.451 e. The molecule has 2 N–H and O–H groups in total. The molecule has 1 atom stereocenters. The van der Waals surface area contributed by atoms with Gasteiger partial charge in [-0.15, -0.1) is 11.3 Å². The number of benzene rings is 1. The highest BCUT2D eigenvalue weighted by Crippen LogP contribution is 2.32. The Bertz CT molecular complexity index is 1150. The van der Waals surface area contributed by atoms with Crippen LogP contribution in [0.15, 0.2) is 39.5 Å². The maximum atomic E-state index is 12.4. The average molecular weight is 417 g/mol. The molecule has 0 fully saturated rings. The molecule has 0 radical (unpaired) electrons. The minimum atomic E-state index is -0.711. The molecule has 0 saturated carbocycles. The molecule has 144 valence electrons. The number of rotatable bonds is 2. The van der Waals surface area contributed by atoms with Crippen LogP contribution < -0.4 is 16.3 Å². The fourth-order valence-electron chi connectivity index (χ4n) is 3.29. The zero-order chi connectivity index (χ0) is 19.8. The second-order valence-electron chi connectivity index (χ2n) is 6.93. The predicted molar refractivity (Wildman–Crippen MR) is 108 cm³/mol. The highest BCUT2D eigenvalue weighted by Gasteiger charge is 2.21. The van der Waals surface area contributed by atoms with Crippen LogP contribution in [0.4, 0.5) is 0 Å². The summed E-state index contributed by atoms with van der Waals surface area (Å²) in [5.41, 5.74) is 5.75. The van der Waals surface area contributed by atoms with Gasteiger partial charge in [0.1, 0.15) is 5.58 Å². The summed E-state index contributed by atoms with van der Waals surface area (Å²) in [5, 5.41) is 0.684. The summed E-state index contributed by atoms with van der Waals surface area (Å²) < 4.78 is 5.46. The number of hydrogen-bond donors (Lipinski definition) is 2. The Morgan fingerprint density at radius 3 is 2.79 bits per heavy atom. The standard InChI is InChI=1S/C20H17ClN2O4S/c1-10-2-5-17-11(6-10)7-18(28-17)20(26)23-22-19(25)16-9-14(24)13-8-12(21)3-4-15(13)27-16/h3-4,7-10H,2,5-6H2,1H3,(H,22,25)(H,23,26)/t10-/m1/s1. The molecule has 0 bridgehead atoms. The summed E-state index contributed by atoms with van der Waals surface area (Å²) >= 11 is 7.32. The van der Waals surface area contributed by atoms with Crippen molar-refractivity contribution in [1.82, 2.24) is 10.9 Å². The smallest absolute Gasteiger partial charge is 0.305 e. The number of thiophene rings is 1. The van der Waals surface area contributed by atoms with Gasteiger partial charge in [-0.2, -0.15) is 0 Å². The van der Waals surface area contributed by atoms with Gasteiger partial charge in [0, 0.05) is 16.0 Å². The molecule has 0 aliphatic heterocycles. The van der Waals surface area contributed by atoms with Crippen LogP contribution in [0, 0.1) is 5.92 Å². The van der Waals surface area contributed by atoms with E-state index in [2.05, 4.69) is 17.8 Å². The molecular formula is C20H17ClN2O4S. The number of hydrogen-bond acceptors (Lipinski definition) is 5. The molecule has 1 aliphatic carbocycles. The van der Waals surface area contributed by atoms with Gasteiger partial charge < -0.3 is 4.42 Å². The van der Waals surface area contributed by atoms with Crippen LogP contribution in [-0.2, 0) is 12.8 Å². The Balaban J connectivity index is 1.47. The quantitative estimate of drug-likeness (QED) is 0.623. The zero-order valence-electron chi connectivity index (χ0n) is 15.0. The first-order chi connectivity index (χ1) is 13.4. The van der Waals surface area contributed by atoms with E-state index in [0.29, 0.717) is 15.8 Å². The minimum absolute atomic E-state index is 0.195. The van der Waals surface area contributed by atoms with Gasteiger partial charge in [-0.1, -0.05) is 18.5 Å². The SMILES string of the molecule is C[C@@H]1CCc2sc(C(=O)NNC(=O)c3cc(=O)c4cc(Cl)ccc4o3)cc2C1. The van der Waals surface area contributed by atoms with Crippen LogP contribution in [-0.4, -0.2) is 11.8 Å².